The zero-order valence-corrected chi connectivity index (χ0v) is 9.54. The molecule has 1 fully saturated rings. The molecule has 2 aromatic rings. The molecule has 0 radical (unpaired) electrons. The molecule has 1 aliphatic heterocycles. The van der Waals surface area contributed by atoms with Gasteiger partial charge in [0.15, 0.2) is 5.82 Å². The van der Waals surface area contributed by atoms with E-state index in [2.05, 4.69) is 20.8 Å². The lowest BCUT2D eigenvalue weighted by Gasteiger charge is -2.21. The Balaban J connectivity index is 1.77. The Hall–Kier alpha value is -1.69. The van der Waals surface area contributed by atoms with Crippen LogP contribution in [0.1, 0.15) is 18.7 Å². The minimum atomic E-state index is 0.663. The summed E-state index contributed by atoms with van der Waals surface area (Å²) in [4.78, 5) is 0. The molecule has 6 heteroatoms. The lowest BCUT2D eigenvalue weighted by molar-refractivity contribution is 0.363. The van der Waals surface area contributed by atoms with E-state index in [0.717, 1.165) is 25.3 Å². The fraction of sp³-hybridized carbons (Fsp3) is 0.545. The smallest absolute Gasteiger partial charge is 0.222 e. The second kappa shape index (κ2) is 4.67. The van der Waals surface area contributed by atoms with Crippen LogP contribution in [0, 0.1) is 5.92 Å². The number of rotatable bonds is 3. The molecule has 17 heavy (non-hydrogen) atoms. The molecule has 1 aliphatic rings. The molecule has 3 rings (SSSR count). The third kappa shape index (κ3) is 2.21. The van der Waals surface area contributed by atoms with Crippen molar-refractivity contribution in [2.75, 3.05) is 13.1 Å². The predicted molar refractivity (Wildman–Crippen MR) is 60.7 cm³/mol. The zero-order chi connectivity index (χ0) is 11.5. The maximum Gasteiger partial charge on any atom is 0.222 e. The number of piperidine rings is 1. The molecular weight excluding hydrogens is 218 g/mol. The Bertz CT molecular complexity index is 458. The van der Waals surface area contributed by atoms with Crippen molar-refractivity contribution >= 4 is 0 Å². The van der Waals surface area contributed by atoms with Crippen LogP contribution in [0.4, 0.5) is 0 Å². The zero-order valence-electron chi connectivity index (χ0n) is 9.54. The van der Waals surface area contributed by atoms with Gasteiger partial charge in [-0.05, 0) is 48.3 Å². The van der Waals surface area contributed by atoms with Crippen molar-refractivity contribution in [3.63, 3.8) is 0 Å². The van der Waals surface area contributed by atoms with Gasteiger partial charge >= 0.3 is 0 Å². The normalized spacial score (nSPS) is 17.4. The van der Waals surface area contributed by atoms with E-state index in [1.165, 1.54) is 12.8 Å². The van der Waals surface area contributed by atoms with Crippen molar-refractivity contribution < 1.29 is 4.42 Å². The fourth-order valence-corrected chi connectivity index (χ4v) is 2.24. The quantitative estimate of drug-likeness (QED) is 0.849. The first kappa shape index (κ1) is 10.5. The van der Waals surface area contributed by atoms with E-state index in [4.69, 9.17) is 4.42 Å². The van der Waals surface area contributed by atoms with Crippen LogP contribution < -0.4 is 5.32 Å². The highest BCUT2D eigenvalue weighted by molar-refractivity contribution is 5.16. The van der Waals surface area contributed by atoms with Crippen LogP contribution in [-0.4, -0.2) is 33.3 Å². The molecule has 0 unspecified atom stereocenters. The van der Waals surface area contributed by atoms with Crippen LogP contribution in [0.3, 0.4) is 0 Å². The van der Waals surface area contributed by atoms with Gasteiger partial charge in [0, 0.05) is 12.5 Å². The molecular formula is C11H15N5O. The molecule has 1 N–H and O–H groups in total. The Morgan fingerprint density at radius 2 is 2.29 bits per heavy atom. The molecule has 1 saturated heterocycles. The molecule has 0 aromatic carbocycles. The van der Waals surface area contributed by atoms with Gasteiger partial charge in [-0.2, -0.15) is 4.68 Å². The summed E-state index contributed by atoms with van der Waals surface area (Å²) in [6.07, 6.45) is 4.91. The van der Waals surface area contributed by atoms with Gasteiger partial charge < -0.3 is 9.73 Å². The minimum Gasteiger partial charge on any atom is -0.447 e. The molecule has 6 nitrogen and oxygen atoms in total. The molecule has 90 valence electrons. The van der Waals surface area contributed by atoms with E-state index >= 15 is 0 Å². The summed E-state index contributed by atoms with van der Waals surface area (Å²) in [5, 5.41) is 15.1. The van der Waals surface area contributed by atoms with Crippen LogP contribution in [0.5, 0.6) is 0 Å². The van der Waals surface area contributed by atoms with Gasteiger partial charge in [0.05, 0.1) is 6.26 Å². The number of nitrogens with one attached hydrogen (secondary N) is 1. The molecule has 0 spiro atoms. The number of nitrogens with zero attached hydrogens (tertiary/aromatic N) is 4. The number of hydrogen-bond donors (Lipinski definition) is 1. The summed E-state index contributed by atoms with van der Waals surface area (Å²) in [6.45, 7) is 2.18. The van der Waals surface area contributed by atoms with E-state index in [9.17, 15) is 0 Å². The van der Waals surface area contributed by atoms with E-state index in [-0.39, 0.29) is 0 Å². The highest BCUT2D eigenvalue weighted by Gasteiger charge is 2.18. The Morgan fingerprint density at radius 3 is 3.06 bits per heavy atom. The molecule has 0 saturated carbocycles. The fourth-order valence-electron chi connectivity index (χ4n) is 2.24. The Labute approximate surface area is 99.0 Å². The maximum atomic E-state index is 5.32. The number of tetrazole rings is 1. The van der Waals surface area contributed by atoms with Crippen LogP contribution in [0.2, 0.25) is 0 Å². The second-order valence-electron chi connectivity index (χ2n) is 4.36. The predicted octanol–water partition coefficient (Wildman–Crippen LogP) is 0.797. The molecule has 0 aliphatic carbocycles. The molecule has 0 atom stereocenters. The average molecular weight is 233 g/mol. The topological polar surface area (TPSA) is 68.8 Å². The lowest BCUT2D eigenvalue weighted by atomic mass is 9.94. The van der Waals surface area contributed by atoms with E-state index in [0.29, 0.717) is 11.8 Å². The van der Waals surface area contributed by atoms with Gasteiger partial charge in [0.2, 0.25) is 5.88 Å². The van der Waals surface area contributed by atoms with Crippen molar-refractivity contribution in [3.8, 4) is 5.88 Å². The average Bonchev–Trinajstić information content (AvgIpc) is 3.00. The van der Waals surface area contributed by atoms with Gasteiger partial charge in [-0.3, -0.25) is 0 Å². The maximum absolute atomic E-state index is 5.32. The van der Waals surface area contributed by atoms with Crippen molar-refractivity contribution in [1.82, 2.24) is 25.5 Å². The largest absolute Gasteiger partial charge is 0.447 e. The highest BCUT2D eigenvalue weighted by atomic mass is 16.3. The van der Waals surface area contributed by atoms with Crippen LogP contribution in [0.15, 0.2) is 22.8 Å². The Kier molecular flexibility index (Phi) is 2.87. The Morgan fingerprint density at radius 1 is 1.41 bits per heavy atom. The van der Waals surface area contributed by atoms with Gasteiger partial charge in [0.25, 0.3) is 0 Å². The molecule has 2 aromatic heterocycles. The first-order valence-corrected chi connectivity index (χ1v) is 5.95. The van der Waals surface area contributed by atoms with Gasteiger partial charge in [-0.25, -0.2) is 0 Å². The summed E-state index contributed by atoms with van der Waals surface area (Å²) in [6, 6.07) is 3.70. The SMILES string of the molecule is c1coc(-n2nnnc2CC2CCNCC2)c1. The van der Waals surface area contributed by atoms with Gasteiger partial charge in [0.1, 0.15) is 0 Å². The third-order valence-corrected chi connectivity index (χ3v) is 3.18. The summed E-state index contributed by atoms with van der Waals surface area (Å²) in [5.41, 5.74) is 0. The van der Waals surface area contributed by atoms with Gasteiger partial charge in [-0.1, -0.05) is 0 Å². The monoisotopic (exact) mass is 233 g/mol. The first-order chi connectivity index (χ1) is 8.43. The van der Waals surface area contributed by atoms with Crippen LogP contribution >= 0.6 is 0 Å². The summed E-state index contributed by atoms with van der Waals surface area (Å²) >= 11 is 0. The number of aromatic nitrogens is 4. The van der Waals surface area contributed by atoms with Crippen molar-refractivity contribution in [1.29, 1.82) is 0 Å². The first-order valence-electron chi connectivity index (χ1n) is 5.95. The van der Waals surface area contributed by atoms with E-state index in [1.54, 1.807) is 10.9 Å². The van der Waals surface area contributed by atoms with Crippen LogP contribution in [0.25, 0.3) is 5.88 Å². The molecule has 3 heterocycles. The van der Waals surface area contributed by atoms with Crippen molar-refractivity contribution in [2.24, 2.45) is 5.92 Å². The third-order valence-electron chi connectivity index (χ3n) is 3.18. The van der Waals surface area contributed by atoms with E-state index in [1.807, 2.05) is 12.1 Å². The summed E-state index contributed by atoms with van der Waals surface area (Å²) in [7, 11) is 0. The standard InChI is InChI=1S/C11H15N5O/c1-2-11(17-7-1)16-10(13-14-15-16)8-9-3-5-12-6-4-9/h1-2,7,9,12H,3-6,8H2. The minimum absolute atomic E-state index is 0.663. The highest BCUT2D eigenvalue weighted by Crippen LogP contribution is 2.18. The van der Waals surface area contributed by atoms with Crippen molar-refractivity contribution in [2.45, 2.75) is 19.3 Å². The molecule has 0 bridgehead atoms. The number of furan rings is 1. The lowest BCUT2D eigenvalue weighted by Crippen LogP contribution is -2.29. The second-order valence-corrected chi connectivity index (χ2v) is 4.36. The van der Waals surface area contributed by atoms with Gasteiger partial charge in [-0.15, -0.1) is 5.10 Å². The molecule has 0 amide bonds. The van der Waals surface area contributed by atoms with E-state index < -0.39 is 0 Å². The summed E-state index contributed by atoms with van der Waals surface area (Å²) < 4.78 is 7.00. The van der Waals surface area contributed by atoms with Crippen molar-refractivity contribution in [3.05, 3.63) is 24.2 Å². The number of hydrogen-bond acceptors (Lipinski definition) is 5. The van der Waals surface area contributed by atoms with Crippen LogP contribution in [-0.2, 0) is 6.42 Å². The summed E-state index contributed by atoms with van der Waals surface area (Å²) in [5.74, 6) is 2.22.